The van der Waals surface area contributed by atoms with Crippen LogP contribution in [0.15, 0.2) is 36.7 Å². The van der Waals surface area contributed by atoms with Crippen molar-refractivity contribution in [3.63, 3.8) is 0 Å². The third-order valence-electron chi connectivity index (χ3n) is 12.5. The number of pyridine rings is 1. The zero-order chi connectivity index (χ0) is 24.2. The van der Waals surface area contributed by atoms with Crippen LogP contribution < -0.4 is 0 Å². The third kappa shape index (κ3) is 2.94. The van der Waals surface area contributed by atoms with Gasteiger partial charge < -0.3 is 15.1 Å². The van der Waals surface area contributed by atoms with E-state index in [1.807, 2.05) is 12.4 Å². The molecule has 2 spiro atoms. The third-order valence-corrected chi connectivity index (χ3v) is 12.5. The first-order valence-corrected chi connectivity index (χ1v) is 14.1. The summed E-state index contributed by atoms with van der Waals surface area (Å²) in [6.07, 6.45) is 14.1. The van der Waals surface area contributed by atoms with Gasteiger partial charge in [-0.1, -0.05) is 19.1 Å². The largest absolute Gasteiger partial charge is 0.390 e. The molecule has 4 nitrogen and oxygen atoms in total. The van der Waals surface area contributed by atoms with Crippen molar-refractivity contribution in [2.75, 3.05) is 14.1 Å². The Balaban J connectivity index is 1.24. The number of aromatic nitrogens is 1. The standard InChI is InChI=1S/C31H42N2O2/c1-29-10-8-22-15-24-27(34)28(35)25(33(2)3)16-30(24)11-12-31(22,18-30)26(29)7-6-23(29)20-5-4-19-9-13-32-17-21(19)14-20/h4-5,9,13-14,17,22-28,34-35H,6-8,10-12,15-16,18H2,1-3H3/t22-,23-,24-,25+,26-,27-,28-,29-,30+,31-/m1/s1. The first-order chi connectivity index (χ1) is 16.8. The maximum atomic E-state index is 11.3. The van der Waals surface area contributed by atoms with Crippen LogP contribution >= 0.6 is 0 Å². The van der Waals surface area contributed by atoms with Crippen LogP contribution in [0.4, 0.5) is 0 Å². The van der Waals surface area contributed by atoms with E-state index >= 15 is 0 Å². The second-order valence-electron chi connectivity index (χ2n) is 13.7. The van der Waals surface area contributed by atoms with Crippen LogP contribution in [-0.4, -0.2) is 52.4 Å². The number of nitrogens with zero attached hydrogens (tertiary/aromatic N) is 2. The second-order valence-corrected chi connectivity index (χ2v) is 13.7. The van der Waals surface area contributed by atoms with Crippen molar-refractivity contribution in [2.24, 2.45) is 34.0 Å². The summed E-state index contributed by atoms with van der Waals surface area (Å²) in [5, 5.41) is 24.9. The molecule has 2 bridgehead atoms. The molecule has 1 aromatic carbocycles. The minimum Gasteiger partial charge on any atom is -0.390 e. The predicted molar refractivity (Wildman–Crippen MR) is 139 cm³/mol. The molecule has 1 aromatic heterocycles. The number of fused-ring (bicyclic) bond motifs is 2. The fraction of sp³-hybridized carbons (Fsp3) is 0.710. The molecule has 4 heteroatoms. The molecule has 35 heavy (non-hydrogen) atoms. The molecular weight excluding hydrogens is 432 g/mol. The van der Waals surface area contributed by atoms with Crippen LogP contribution in [0.1, 0.15) is 76.2 Å². The zero-order valence-corrected chi connectivity index (χ0v) is 21.7. The Morgan fingerprint density at radius 1 is 0.971 bits per heavy atom. The van der Waals surface area contributed by atoms with Crippen molar-refractivity contribution in [3.05, 3.63) is 42.2 Å². The average Bonchev–Trinajstić information content (AvgIpc) is 3.37. The van der Waals surface area contributed by atoms with Gasteiger partial charge in [-0.15, -0.1) is 0 Å². The maximum Gasteiger partial charge on any atom is 0.0956 e. The van der Waals surface area contributed by atoms with Gasteiger partial charge in [0.2, 0.25) is 0 Å². The van der Waals surface area contributed by atoms with Crippen LogP contribution in [0.5, 0.6) is 0 Å². The monoisotopic (exact) mass is 474 g/mol. The van der Waals surface area contributed by atoms with E-state index in [4.69, 9.17) is 0 Å². The number of aliphatic hydroxyl groups excluding tert-OH is 2. The summed E-state index contributed by atoms with van der Waals surface area (Å²) >= 11 is 0. The SMILES string of the molecule is CN(C)[C@H]1C[C@@]23CC[C@@]4(C2)[C@H](CC[C@]2(C)[C@@H](c5ccc6ccncc6c5)CC[C@H]24)C[C@@H]3[C@@H](O)[C@@H]1O. The molecule has 5 aliphatic rings. The second kappa shape index (κ2) is 7.52. The number of hydrogen-bond donors (Lipinski definition) is 2. The lowest BCUT2D eigenvalue weighted by Crippen LogP contribution is -2.62. The maximum absolute atomic E-state index is 11.3. The minimum absolute atomic E-state index is 0.0745. The number of hydrogen-bond acceptors (Lipinski definition) is 4. The van der Waals surface area contributed by atoms with Crippen LogP contribution in [0.3, 0.4) is 0 Å². The fourth-order valence-electron chi connectivity index (χ4n) is 11.0. The summed E-state index contributed by atoms with van der Waals surface area (Å²) in [6.45, 7) is 2.63. The van der Waals surface area contributed by atoms with Crippen molar-refractivity contribution in [1.82, 2.24) is 9.88 Å². The molecule has 2 aromatic rings. The molecule has 0 unspecified atom stereocenters. The quantitative estimate of drug-likeness (QED) is 0.614. The fourth-order valence-corrected chi connectivity index (χ4v) is 11.0. The van der Waals surface area contributed by atoms with Crippen molar-refractivity contribution in [1.29, 1.82) is 0 Å². The highest BCUT2D eigenvalue weighted by Crippen LogP contribution is 2.77. The van der Waals surface area contributed by atoms with E-state index in [1.54, 1.807) is 0 Å². The Morgan fingerprint density at radius 2 is 1.83 bits per heavy atom. The number of likely N-dealkylation sites (N-methyl/N-ethyl adjacent to an activating group) is 1. The van der Waals surface area contributed by atoms with Crippen LogP contribution in [0.25, 0.3) is 10.8 Å². The highest BCUT2D eigenvalue weighted by molar-refractivity contribution is 5.82. The molecule has 2 N–H and O–H groups in total. The Hall–Kier alpha value is -1.49. The van der Waals surface area contributed by atoms with Crippen LogP contribution in [0, 0.1) is 34.0 Å². The normalized spacial score (nSPS) is 48.6. The predicted octanol–water partition coefficient (Wildman–Crippen LogP) is 5.38. The van der Waals surface area contributed by atoms with E-state index in [2.05, 4.69) is 55.2 Å². The van der Waals surface area contributed by atoms with Crippen LogP contribution in [0.2, 0.25) is 0 Å². The molecule has 5 aliphatic carbocycles. The van der Waals surface area contributed by atoms with Gasteiger partial charge in [0, 0.05) is 23.8 Å². The molecule has 0 amide bonds. The van der Waals surface area contributed by atoms with Gasteiger partial charge in [-0.3, -0.25) is 4.98 Å². The summed E-state index contributed by atoms with van der Waals surface area (Å²) < 4.78 is 0. The molecule has 0 radical (unpaired) electrons. The highest BCUT2D eigenvalue weighted by atomic mass is 16.3. The molecule has 0 saturated heterocycles. The lowest BCUT2D eigenvalue weighted by atomic mass is 9.43. The van der Waals surface area contributed by atoms with Gasteiger partial charge >= 0.3 is 0 Å². The Kier molecular flexibility index (Phi) is 4.88. The topological polar surface area (TPSA) is 56.6 Å². The van der Waals surface area contributed by atoms with E-state index in [9.17, 15) is 10.2 Å². The molecule has 1 heterocycles. The minimum atomic E-state index is -0.610. The Bertz CT molecular complexity index is 1150. The molecule has 188 valence electrons. The first-order valence-electron chi connectivity index (χ1n) is 14.1. The zero-order valence-electron chi connectivity index (χ0n) is 21.7. The van der Waals surface area contributed by atoms with E-state index < -0.39 is 12.2 Å². The van der Waals surface area contributed by atoms with E-state index in [1.165, 1.54) is 61.3 Å². The van der Waals surface area contributed by atoms with Crippen molar-refractivity contribution in [2.45, 2.75) is 88.9 Å². The smallest absolute Gasteiger partial charge is 0.0956 e. The number of aliphatic hydroxyl groups is 2. The lowest BCUT2D eigenvalue weighted by Gasteiger charge is -2.62. The Labute approximate surface area is 210 Å². The van der Waals surface area contributed by atoms with Crippen molar-refractivity contribution in [3.8, 4) is 0 Å². The summed E-state index contributed by atoms with van der Waals surface area (Å²) in [6, 6.07) is 9.33. The van der Waals surface area contributed by atoms with Crippen molar-refractivity contribution < 1.29 is 10.2 Å². The molecule has 10 atom stereocenters. The Morgan fingerprint density at radius 3 is 2.66 bits per heavy atom. The average molecular weight is 475 g/mol. The molecule has 5 fully saturated rings. The summed E-state index contributed by atoms with van der Waals surface area (Å²) in [4.78, 5) is 6.56. The molecule has 5 saturated carbocycles. The van der Waals surface area contributed by atoms with E-state index in [0.29, 0.717) is 16.7 Å². The molecular formula is C31H42N2O2. The highest BCUT2D eigenvalue weighted by Gasteiger charge is 2.70. The molecule has 0 aliphatic heterocycles. The van der Waals surface area contributed by atoms with Gasteiger partial charge in [-0.2, -0.15) is 0 Å². The van der Waals surface area contributed by atoms with Gasteiger partial charge in [0.1, 0.15) is 0 Å². The van der Waals surface area contributed by atoms with E-state index in [0.717, 1.165) is 24.7 Å². The van der Waals surface area contributed by atoms with Gasteiger partial charge in [0.25, 0.3) is 0 Å². The number of benzene rings is 1. The van der Waals surface area contributed by atoms with Crippen LogP contribution in [-0.2, 0) is 0 Å². The summed E-state index contributed by atoms with van der Waals surface area (Å²) in [5.74, 6) is 2.42. The number of rotatable bonds is 2. The van der Waals surface area contributed by atoms with Gasteiger partial charge in [-0.05, 0) is 135 Å². The summed E-state index contributed by atoms with van der Waals surface area (Å²) in [7, 11) is 4.15. The molecule has 7 rings (SSSR count). The lowest BCUT2D eigenvalue weighted by molar-refractivity contribution is -0.181. The van der Waals surface area contributed by atoms with Gasteiger partial charge in [-0.25, -0.2) is 0 Å². The van der Waals surface area contributed by atoms with Gasteiger partial charge in [0.15, 0.2) is 0 Å². The van der Waals surface area contributed by atoms with Gasteiger partial charge in [0.05, 0.1) is 12.2 Å². The van der Waals surface area contributed by atoms with E-state index in [-0.39, 0.29) is 17.4 Å². The summed E-state index contributed by atoms with van der Waals surface area (Å²) in [5.41, 5.74) is 2.54. The van der Waals surface area contributed by atoms with Crippen molar-refractivity contribution >= 4 is 10.8 Å². The first kappa shape index (κ1) is 22.7.